The summed E-state index contributed by atoms with van der Waals surface area (Å²) in [5.74, 6) is 0. The van der Waals surface area contributed by atoms with E-state index in [0.29, 0.717) is 18.3 Å². The molecule has 1 aliphatic heterocycles. The van der Waals surface area contributed by atoms with Crippen LogP contribution < -0.4 is 10.0 Å². The number of para-hydroxylation sites is 1. The zero-order valence-corrected chi connectivity index (χ0v) is 15.4. The summed E-state index contributed by atoms with van der Waals surface area (Å²) in [7, 11) is -3.25. The molecule has 0 unspecified atom stereocenters. The van der Waals surface area contributed by atoms with Gasteiger partial charge in [-0.2, -0.15) is 0 Å². The van der Waals surface area contributed by atoms with Crippen molar-refractivity contribution in [3.8, 4) is 0 Å². The lowest BCUT2D eigenvalue weighted by molar-refractivity contribution is 0.0960. The van der Waals surface area contributed by atoms with Crippen LogP contribution in [0.5, 0.6) is 0 Å². The summed E-state index contributed by atoms with van der Waals surface area (Å²) in [5, 5.41) is 3.57. The van der Waals surface area contributed by atoms with E-state index in [1.807, 2.05) is 18.2 Å². The number of piperidine rings is 1. The summed E-state index contributed by atoms with van der Waals surface area (Å²) in [4.78, 5) is 2.52. The Labute approximate surface area is 140 Å². The number of rotatable bonds is 5. The molecule has 2 rings (SSSR count). The van der Waals surface area contributed by atoms with Crippen molar-refractivity contribution in [3.05, 3.63) is 29.8 Å². The first-order chi connectivity index (χ1) is 10.6. The van der Waals surface area contributed by atoms with Crippen molar-refractivity contribution in [1.82, 2.24) is 10.2 Å². The fraction of sp³-hybridized carbons (Fsp3) is 0.647. The SMILES string of the molecule is CC(C)(C)N1CCC(NCc2ccccc2NS(C)(=O)=O)CC1. The lowest BCUT2D eigenvalue weighted by Crippen LogP contribution is -2.49. The van der Waals surface area contributed by atoms with Crippen molar-refractivity contribution in [1.29, 1.82) is 0 Å². The Balaban J connectivity index is 1.90. The van der Waals surface area contributed by atoms with Crippen molar-refractivity contribution < 1.29 is 8.42 Å². The number of nitrogens with one attached hydrogen (secondary N) is 2. The highest BCUT2D eigenvalue weighted by Gasteiger charge is 2.26. The lowest BCUT2D eigenvalue weighted by Gasteiger charge is -2.41. The molecule has 0 aromatic heterocycles. The molecule has 0 saturated carbocycles. The average Bonchev–Trinajstić information content (AvgIpc) is 2.44. The summed E-state index contributed by atoms with van der Waals surface area (Å²) in [6.45, 7) is 9.66. The van der Waals surface area contributed by atoms with E-state index in [1.165, 1.54) is 6.26 Å². The van der Waals surface area contributed by atoms with Crippen LogP contribution in [0.3, 0.4) is 0 Å². The third-order valence-corrected chi connectivity index (χ3v) is 4.93. The monoisotopic (exact) mass is 339 g/mol. The third-order valence-electron chi connectivity index (χ3n) is 4.34. The van der Waals surface area contributed by atoms with Gasteiger partial charge in [-0.05, 0) is 45.2 Å². The summed E-state index contributed by atoms with van der Waals surface area (Å²) < 4.78 is 25.5. The molecule has 0 radical (unpaired) electrons. The molecule has 5 nitrogen and oxygen atoms in total. The van der Waals surface area contributed by atoms with Crippen LogP contribution in [0, 0.1) is 0 Å². The first-order valence-electron chi connectivity index (χ1n) is 8.19. The Morgan fingerprint density at radius 2 is 1.78 bits per heavy atom. The molecule has 0 spiro atoms. The fourth-order valence-electron chi connectivity index (χ4n) is 2.98. The molecule has 1 fully saturated rings. The van der Waals surface area contributed by atoms with Gasteiger partial charge in [0.15, 0.2) is 0 Å². The highest BCUT2D eigenvalue weighted by Crippen LogP contribution is 2.21. The summed E-state index contributed by atoms with van der Waals surface area (Å²) in [6.07, 6.45) is 3.43. The van der Waals surface area contributed by atoms with E-state index >= 15 is 0 Å². The molecule has 1 aliphatic rings. The number of benzene rings is 1. The van der Waals surface area contributed by atoms with Crippen molar-refractivity contribution in [2.24, 2.45) is 0 Å². The standard InChI is InChI=1S/C17H29N3O2S/c1-17(2,3)20-11-9-15(10-12-20)18-13-14-7-5-6-8-16(14)19-23(4,21)22/h5-8,15,18-19H,9-13H2,1-4H3. The maximum atomic E-state index is 11.5. The Hall–Kier alpha value is -1.11. The van der Waals surface area contributed by atoms with Crippen LogP contribution in [-0.4, -0.2) is 44.2 Å². The largest absolute Gasteiger partial charge is 0.310 e. The highest BCUT2D eigenvalue weighted by molar-refractivity contribution is 7.92. The zero-order chi connectivity index (χ0) is 17.1. The maximum absolute atomic E-state index is 11.5. The van der Waals surface area contributed by atoms with E-state index in [2.05, 4.69) is 35.7 Å². The molecule has 0 amide bonds. The molecule has 0 bridgehead atoms. The Kier molecular flexibility index (Phi) is 5.70. The number of anilines is 1. The quantitative estimate of drug-likeness (QED) is 0.865. The van der Waals surface area contributed by atoms with Crippen molar-refractivity contribution in [2.75, 3.05) is 24.1 Å². The predicted molar refractivity (Wildman–Crippen MR) is 96.1 cm³/mol. The van der Waals surface area contributed by atoms with Crippen LogP contribution in [0.1, 0.15) is 39.2 Å². The van der Waals surface area contributed by atoms with Gasteiger partial charge in [0.05, 0.1) is 11.9 Å². The van der Waals surface area contributed by atoms with Crippen LogP contribution in [0.15, 0.2) is 24.3 Å². The van der Waals surface area contributed by atoms with Gasteiger partial charge in [-0.15, -0.1) is 0 Å². The van der Waals surface area contributed by atoms with E-state index < -0.39 is 10.0 Å². The van der Waals surface area contributed by atoms with E-state index in [9.17, 15) is 8.42 Å². The molecule has 1 heterocycles. The topological polar surface area (TPSA) is 61.4 Å². The smallest absolute Gasteiger partial charge is 0.229 e. The molecule has 1 aromatic rings. The number of likely N-dealkylation sites (tertiary alicyclic amines) is 1. The Bertz CT molecular complexity index is 615. The second-order valence-electron chi connectivity index (χ2n) is 7.34. The van der Waals surface area contributed by atoms with Gasteiger partial charge in [-0.3, -0.25) is 9.62 Å². The Morgan fingerprint density at radius 3 is 2.35 bits per heavy atom. The average molecular weight is 340 g/mol. The summed E-state index contributed by atoms with van der Waals surface area (Å²) in [6, 6.07) is 8.04. The zero-order valence-electron chi connectivity index (χ0n) is 14.6. The molecule has 2 N–H and O–H groups in total. The molecule has 0 aliphatic carbocycles. The van der Waals surface area contributed by atoms with Gasteiger partial charge in [0.25, 0.3) is 0 Å². The molecule has 0 atom stereocenters. The molecular formula is C17H29N3O2S. The molecule has 1 aromatic carbocycles. The van der Waals surface area contributed by atoms with Crippen LogP contribution in [0.4, 0.5) is 5.69 Å². The fourth-order valence-corrected chi connectivity index (χ4v) is 3.58. The lowest BCUT2D eigenvalue weighted by atomic mass is 9.98. The second kappa shape index (κ2) is 7.20. The Morgan fingerprint density at radius 1 is 1.17 bits per heavy atom. The minimum atomic E-state index is -3.25. The van der Waals surface area contributed by atoms with Gasteiger partial charge in [0.2, 0.25) is 10.0 Å². The maximum Gasteiger partial charge on any atom is 0.229 e. The van der Waals surface area contributed by atoms with Gasteiger partial charge < -0.3 is 5.32 Å². The van der Waals surface area contributed by atoms with Gasteiger partial charge in [0.1, 0.15) is 0 Å². The van der Waals surface area contributed by atoms with Gasteiger partial charge in [0, 0.05) is 31.2 Å². The molecular weight excluding hydrogens is 310 g/mol. The van der Waals surface area contributed by atoms with Crippen LogP contribution in [-0.2, 0) is 16.6 Å². The number of hydrogen-bond donors (Lipinski definition) is 2. The second-order valence-corrected chi connectivity index (χ2v) is 9.09. The van der Waals surface area contributed by atoms with E-state index in [0.717, 1.165) is 31.5 Å². The van der Waals surface area contributed by atoms with E-state index in [-0.39, 0.29) is 5.54 Å². The summed E-state index contributed by atoms with van der Waals surface area (Å²) >= 11 is 0. The van der Waals surface area contributed by atoms with Gasteiger partial charge >= 0.3 is 0 Å². The van der Waals surface area contributed by atoms with E-state index in [4.69, 9.17) is 0 Å². The number of hydrogen-bond acceptors (Lipinski definition) is 4. The van der Waals surface area contributed by atoms with Gasteiger partial charge in [-0.25, -0.2) is 8.42 Å². The van der Waals surface area contributed by atoms with Crippen molar-refractivity contribution >= 4 is 15.7 Å². The van der Waals surface area contributed by atoms with Crippen LogP contribution in [0.25, 0.3) is 0 Å². The van der Waals surface area contributed by atoms with Crippen LogP contribution in [0.2, 0.25) is 0 Å². The van der Waals surface area contributed by atoms with Crippen molar-refractivity contribution in [2.45, 2.75) is 51.7 Å². The first-order valence-corrected chi connectivity index (χ1v) is 10.1. The molecule has 130 valence electrons. The number of nitrogens with zero attached hydrogens (tertiary/aromatic N) is 1. The molecule has 1 saturated heterocycles. The normalized spacial score (nSPS) is 18.1. The van der Waals surface area contributed by atoms with Crippen LogP contribution >= 0.6 is 0 Å². The minimum Gasteiger partial charge on any atom is -0.310 e. The minimum absolute atomic E-state index is 0.233. The first kappa shape index (κ1) is 18.2. The predicted octanol–water partition coefficient (Wildman–Crippen LogP) is 2.41. The van der Waals surface area contributed by atoms with E-state index in [1.54, 1.807) is 6.07 Å². The van der Waals surface area contributed by atoms with Crippen molar-refractivity contribution in [3.63, 3.8) is 0 Å². The molecule has 23 heavy (non-hydrogen) atoms. The summed E-state index contributed by atoms with van der Waals surface area (Å²) in [5.41, 5.74) is 1.88. The van der Waals surface area contributed by atoms with Gasteiger partial charge in [-0.1, -0.05) is 18.2 Å². The highest BCUT2D eigenvalue weighted by atomic mass is 32.2. The third kappa shape index (κ3) is 5.79. The number of sulfonamides is 1. The molecule has 6 heteroatoms.